The minimum atomic E-state index is -0.412. The summed E-state index contributed by atoms with van der Waals surface area (Å²) >= 11 is 0. The molecule has 0 unspecified atom stereocenters. The zero-order valence-corrected chi connectivity index (χ0v) is 10.4. The molecule has 1 aliphatic heterocycles. The predicted octanol–water partition coefficient (Wildman–Crippen LogP) is 0.974. The largest absolute Gasteiger partial charge is 0.323 e. The van der Waals surface area contributed by atoms with Gasteiger partial charge in [0.05, 0.1) is 11.4 Å². The van der Waals surface area contributed by atoms with E-state index in [2.05, 4.69) is 10.3 Å². The fraction of sp³-hybridized carbons (Fsp3) is 0.0714. The SMILES string of the molecule is O=C1CN(C(=O)c2cccc(=O)[nH]2)c2ccccc2N1. The Hall–Kier alpha value is -2.89. The number of nitrogens with zero attached hydrogens (tertiary/aromatic N) is 1. The van der Waals surface area contributed by atoms with Crippen LogP contribution in [0, 0.1) is 0 Å². The van der Waals surface area contributed by atoms with Gasteiger partial charge in [0, 0.05) is 6.07 Å². The summed E-state index contributed by atoms with van der Waals surface area (Å²) in [7, 11) is 0. The van der Waals surface area contributed by atoms with Crippen LogP contribution in [0.25, 0.3) is 0 Å². The number of fused-ring (bicyclic) bond motifs is 1. The Labute approximate surface area is 114 Å². The van der Waals surface area contributed by atoms with Gasteiger partial charge in [-0.15, -0.1) is 0 Å². The maximum absolute atomic E-state index is 12.4. The summed E-state index contributed by atoms with van der Waals surface area (Å²) in [6.07, 6.45) is 0. The number of aromatic nitrogens is 1. The molecule has 20 heavy (non-hydrogen) atoms. The molecular formula is C14H11N3O3. The third-order valence-electron chi connectivity index (χ3n) is 3.01. The quantitative estimate of drug-likeness (QED) is 0.809. The number of para-hydroxylation sites is 2. The minimum absolute atomic E-state index is 0.0766. The van der Waals surface area contributed by atoms with Crippen molar-refractivity contribution in [2.24, 2.45) is 0 Å². The maximum Gasteiger partial charge on any atom is 0.275 e. The summed E-state index contributed by atoms with van der Waals surface area (Å²) in [6, 6.07) is 11.4. The predicted molar refractivity (Wildman–Crippen MR) is 73.8 cm³/mol. The molecule has 0 atom stereocenters. The first-order chi connectivity index (χ1) is 9.65. The van der Waals surface area contributed by atoms with Gasteiger partial charge >= 0.3 is 0 Å². The molecule has 2 N–H and O–H groups in total. The molecule has 0 aliphatic carbocycles. The van der Waals surface area contributed by atoms with E-state index in [1.54, 1.807) is 24.3 Å². The lowest BCUT2D eigenvalue weighted by Crippen LogP contribution is -2.42. The number of hydrogen-bond acceptors (Lipinski definition) is 3. The molecule has 0 spiro atoms. The number of benzene rings is 1. The van der Waals surface area contributed by atoms with Crippen LogP contribution in [0.15, 0.2) is 47.3 Å². The van der Waals surface area contributed by atoms with Gasteiger partial charge in [-0.1, -0.05) is 18.2 Å². The lowest BCUT2D eigenvalue weighted by molar-refractivity contribution is -0.115. The third kappa shape index (κ3) is 2.07. The zero-order valence-electron chi connectivity index (χ0n) is 10.4. The van der Waals surface area contributed by atoms with Gasteiger partial charge in [0.2, 0.25) is 11.5 Å². The average molecular weight is 269 g/mol. The molecule has 1 aliphatic rings. The number of hydrogen-bond donors (Lipinski definition) is 2. The smallest absolute Gasteiger partial charge is 0.275 e. The lowest BCUT2D eigenvalue weighted by atomic mass is 10.1. The molecule has 0 bridgehead atoms. The van der Waals surface area contributed by atoms with Crippen molar-refractivity contribution in [3.05, 3.63) is 58.5 Å². The summed E-state index contributed by atoms with van der Waals surface area (Å²) in [5.41, 5.74) is 0.991. The molecule has 0 saturated carbocycles. The number of rotatable bonds is 1. The van der Waals surface area contributed by atoms with Crippen molar-refractivity contribution in [2.75, 3.05) is 16.8 Å². The molecule has 0 radical (unpaired) electrons. The van der Waals surface area contributed by atoms with Crippen LogP contribution < -0.4 is 15.8 Å². The Bertz CT molecular complexity index is 751. The second-order valence-electron chi connectivity index (χ2n) is 4.39. The van der Waals surface area contributed by atoms with E-state index < -0.39 is 5.91 Å². The summed E-state index contributed by atoms with van der Waals surface area (Å²) < 4.78 is 0. The number of H-pyrrole nitrogens is 1. The van der Waals surface area contributed by atoms with Gasteiger partial charge in [0.15, 0.2) is 0 Å². The van der Waals surface area contributed by atoms with E-state index in [1.165, 1.54) is 23.1 Å². The van der Waals surface area contributed by atoms with Gasteiger partial charge < -0.3 is 10.3 Å². The topological polar surface area (TPSA) is 82.3 Å². The van der Waals surface area contributed by atoms with E-state index in [0.29, 0.717) is 11.4 Å². The molecule has 0 saturated heterocycles. The van der Waals surface area contributed by atoms with Gasteiger partial charge in [-0.25, -0.2) is 0 Å². The van der Waals surface area contributed by atoms with E-state index in [0.717, 1.165) is 0 Å². The maximum atomic E-state index is 12.4. The summed E-state index contributed by atoms with van der Waals surface area (Å²) in [5.74, 6) is -0.680. The lowest BCUT2D eigenvalue weighted by Gasteiger charge is -2.28. The fourth-order valence-corrected chi connectivity index (χ4v) is 2.13. The molecule has 3 rings (SSSR count). The number of carbonyl (C=O) groups is 2. The third-order valence-corrected chi connectivity index (χ3v) is 3.01. The highest BCUT2D eigenvalue weighted by Gasteiger charge is 2.27. The molecule has 1 aromatic carbocycles. The summed E-state index contributed by atoms with van der Waals surface area (Å²) in [5, 5.41) is 2.70. The molecule has 2 amide bonds. The number of nitrogens with one attached hydrogen (secondary N) is 2. The molecule has 2 heterocycles. The zero-order chi connectivity index (χ0) is 14.1. The van der Waals surface area contributed by atoms with Gasteiger partial charge in [-0.05, 0) is 18.2 Å². The molecule has 0 fully saturated rings. The van der Waals surface area contributed by atoms with E-state index in [9.17, 15) is 14.4 Å². The Morgan fingerprint density at radius 2 is 1.85 bits per heavy atom. The van der Waals surface area contributed by atoms with E-state index in [1.807, 2.05) is 0 Å². The second kappa shape index (κ2) is 4.65. The van der Waals surface area contributed by atoms with E-state index in [-0.39, 0.29) is 23.7 Å². The van der Waals surface area contributed by atoms with Crippen LogP contribution in [0.3, 0.4) is 0 Å². The molecule has 100 valence electrons. The first kappa shape index (κ1) is 12.2. The van der Waals surface area contributed by atoms with Crippen LogP contribution in [-0.2, 0) is 4.79 Å². The van der Waals surface area contributed by atoms with E-state index >= 15 is 0 Å². The monoisotopic (exact) mass is 269 g/mol. The normalized spacial score (nSPS) is 13.6. The highest BCUT2D eigenvalue weighted by molar-refractivity contribution is 6.14. The van der Waals surface area contributed by atoms with Crippen molar-refractivity contribution in [3.63, 3.8) is 0 Å². The number of carbonyl (C=O) groups excluding carboxylic acids is 2. The highest BCUT2D eigenvalue weighted by atomic mass is 16.2. The molecule has 1 aromatic heterocycles. The number of aromatic amines is 1. The second-order valence-corrected chi connectivity index (χ2v) is 4.39. The fourth-order valence-electron chi connectivity index (χ4n) is 2.13. The van der Waals surface area contributed by atoms with Crippen LogP contribution in [0.4, 0.5) is 11.4 Å². The van der Waals surface area contributed by atoms with Gasteiger partial charge in [-0.3, -0.25) is 19.3 Å². The first-order valence-electron chi connectivity index (χ1n) is 6.05. The van der Waals surface area contributed by atoms with Crippen molar-refractivity contribution in [1.29, 1.82) is 0 Å². The minimum Gasteiger partial charge on any atom is -0.323 e. The highest BCUT2D eigenvalue weighted by Crippen LogP contribution is 2.29. The van der Waals surface area contributed by atoms with Gasteiger partial charge in [-0.2, -0.15) is 0 Å². The Morgan fingerprint density at radius 1 is 1.05 bits per heavy atom. The Kier molecular flexibility index (Phi) is 2.83. The van der Waals surface area contributed by atoms with Crippen LogP contribution >= 0.6 is 0 Å². The van der Waals surface area contributed by atoms with Gasteiger partial charge in [0.25, 0.3) is 5.91 Å². The summed E-state index contributed by atoms with van der Waals surface area (Å²) in [6.45, 7) is -0.0766. The van der Waals surface area contributed by atoms with Crippen LogP contribution in [-0.4, -0.2) is 23.3 Å². The molecule has 2 aromatic rings. The van der Waals surface area contributed by atoms with Crippen molar-refractivity contribution in [3.8, 4) is 0 Å². The van der Waals surface area contributed by atoms with Crippen molar-refractivity contribution in [1.82, 2.24) is 4.98 Å². The first-order valence-corrected chi connectivity index (χ1v) is 6.05. The Balaban J connectivity index is 2.04. The molecular weight excluding hydrogens is 258 g/mol. The van der Waals surface area contributed by atoms with Crippen molar-refractivity contribution >= 4 is 23.2 Å². The molecule has 6 heteroatoms. The standard InChI is InChI=1S/C14H11N3O3/c18-12-7-3-5-10(16-12)14(20)17-8-13(19)15-9-4-1-2-6-11(9)17/h1-7H,8H2,(H,15,19)(H,16,18). The van der Waals surface area contributed by atoms with Crippen LogP contribution in [0.5, 0.6) is 0 Å². The van der Waals surface area contributed by atoms with Crippen molar-refractivity contribution in [2.45, 2.75) is 0 Å². The number of anilines is 2. The summed E-state index contributed by atoms with van der Waals surface area (Å²) in [4.78, 5) is 39.2. The van der Waals surface area contributed by atoms with Gasteiger partial charge in [0.1, 0.15) is 12.2 Å². The van der Waals surface area contributed by atoms with Crippen molar-refractivity contribution < 1.29 is 9.59 Å². The van der Waals surface area contributed by atoms with E-state index in [4.69, 9.17) is 0 Å². The molecule has 6 nitrogen and oxygen atoms in total. The number of pyridine rings is 1. The average Bonchev–Trinajstić information content (AvgIpc) is 2.45. The van der Waals surface area contributed by atoms with Crippen LogP contribution in [0.1, 0.15) is 10.5 Å². The van der Waals surface area contributed by atoms with Crippen LogP contribution in [0.2, 0.25) is 0 Å². The number of amides is 2. The Morgan fingerprint density at radius 3 is 2.65 bits per heavy atom.